The van der Waals surface area contributed by atoms with Crippen LogP contribution in [0.5, 0.6) is 0 Å². The molecule has 0 atom stereocenters. The number of rotatable bonds is 5. The molecule has 0 aliphatic heterocycles. The highest BCUT2D eigenvalue weighted by molar-refractivity contribution is 9.10. The SMILES string of the molecule is CC(C)n1cc(CNc2ncc(Br)cc2CO)cn1. The van der Waals surface area contributed by atoms with Crippen LogP contribution in [-0.4, -0.2) is 19.9 Å². The smallest absolute Gasteiger partial charge is 0.131 e. The number of pyridine rings is 1. The summed E-state index contributed by atoms with van der Waals surface area (Å²) in [4.78, 5) is 4.26. The second-order valence-electron chi connectivity index (χ2n) is 4.60. The molecule has 6 heteroatoms. The third kappa shape index (κ3) is 3.54. The minimum atomic E-state index is -0.0416. The van der Waals surface area contributed by atoms with Crippen molar-refractivity contribution >= 4 is 21.7 Å². The molecule has 0 aliphatic carbocycles. The number of aliphatic hydroxyl groups excluding tert-OH is 1. The minimum absolute atomic E-state index is 0.0416. The van der Waals surface area contributed by atoms with Gasteiger partial charge in [-0.3, -0.25) is 4.68 Å². The van der Waals surface area contributed by atoms with E-state index in [1.54, 1.807) is 6.20 Å². The van der Waals surface area contributed by atoms with Crippen LogP contribution in [0.1, 0.15) is 31.0 Å². The van der Waals surface area contributed by atoms with Crippen molar-refractivity contribution in [3.05, 3.63) is 40.3 Å². The molecule has 0 spiro atoms. The third-order valence-electron chi connectivity index (χ3n) is 2.75. The first-order valence-corrected chi connectivity index (χ1v) is 6.91. The maximum Gasteiger partial charge on any atom is 0.131 e. The molecular formula is C13H17BrN4O. The molecule has 0 aliphatic rings. The Kier molecular flexibility index (Phi) is 4.55. The summed E-state index contributed by atoms with van der Waals surface area (Å²) in [5.41, 5.74) is 1.85. The van der Waals surface area contributed by atoms with Crippen LogP contribution in [0, 0.1) is 0 Å². The predicted octanol–water partition coefficient (Wildman–Crippen LogP) is 2.73. The van der Waals surface area contributed by atoms with Crippen molar-refractivity contribution in [2.24, 2.45) is 0 Å². The van der Waals surface area contributed by atoms with E-state index in [1.165, 1.54) is 0 Å². The summed E-state index contributed by atoms with van der Waals surface area (Å²) in [6, 6.07) is 2.21. The van der Waals surface area contributed by atoms with E-state index < -0.39 is 0 Å². The highest BCUT2D eigenvalue weighted by Crippen LogP contribution is 2.18. The summed E-state index contributed by atoms with van der Waals surface area (Å²) in [6.07, 6.45) is 5.55. The molecule has 0 saturated heterocycles. The van der Waals surface area contributed by atoms with Crippen LogP contribution >= 0.6 is 15.9 Å². The van der Waals surface area contributed by atoms with E-state index in [4.69, 9.17) is 0 Å². The molecule has 0 fully saturated rings. The summed E-state index contributed by atoms with van der Waals surface area (Å²) in [6.45, 7) is 4.77. The second-order valence-corrected chi connectivity index (χ2v) is 5.51. The Bertz CT molecular complexity index is 553. The van der Waals surface area contributed by atoms with Crippen molar-refractivity contribution in [1.82, 2.24) is 14.8 Å². The van der Waals surface area contributed by atoms with Crippen molar-refractivity contribution < 1.29 is 5.11 Å². The van der Waals surface area contributed by atoms with Crippen molar-refractivity contribution in [3.63, 3.8) is 0 Å². The van der Waals surface area contributed by atoms with E-state index in [2.05, 4.69) is 45.2 Å². The van der Waals surface area contributed by atoms with Gasteiger partial charge >= 0.3 is 0 Å². The van der Waals surface area contributed by atoms with Gasteiger partial charge in [0.25, 0.3) is 0 Å². The summed E-state index contributed by atoms with van der Waals surface area (Å²) in [7, 11) is 0. The molecule has 0 unspecified atom stereocenters. The monoisotopic (exact) mass is 324 g/mol. The Morgan fingerprint density at radius 3 is 2.84 bits per heavy atom. The van der Waals surface area contributed by atoms with E-state index >= 15 is 0 Å². The Hall–Kier alpha value is -1.40. The Labute approximate surface area is 120 Å². The zero-order chi connectivity index (χ0) is 13.8. The average Bonchev–Trinajstić information content (AvgIpc) is 2.86. The lowest BCUT2D eigenvalue weighted by Crippen LogP contribution is -2.04. The number of hydrogen-bond acceptors (Lipinski definition) is 4. The molecule has 2 N–H and O–H groups in total. The van der Waals surface area contributed by atoms with Gasteiger partial charge in [0.05, 0.1) is 12.8 Å². The second kappa shape index (κ2) is 6.16. The number of nitrogens with zero attached hydrogens (tertiary/aromatic N) is 3. The molecule has 102 valence electrons. The predicted molar refractivity (Wildman–Crippen MR) is 77.8 cm³/mol. The van der Waals surface area contributed by atoms with E-state index in [-0.39, 0.29) is 6.61 Å². The fourth-order valence-corrected chi connectivity index (χ4v) is 2.08. The Balaban J connectivity index is 2.05. The average molecular weight is 325 g/mol. The molecule has 0 radical (unpaired) electrons. The molecule has 2 aromatic rings. The van der Waals surface area contributed by atoms with Gasteiger partial charge in [-0.25, -0.2) is 4.98 Å². The molecule has 2 heterocycles. The van der Waals surface area contributed by atoms with Gasteiger partial charge in [0, 0.05) is 40.6 Å². The van der Waals surface area contributed by atoms with Crippen LogP contribution in [-0.2, 0) is 13.2 Å². The van der Waals surface area contributed by atoms with Crippen molar-refractivity contribution in [2.45, 2.75) is 33.0 Å². The topological polar surface area (TPSA) is 63.0 Å². The first-order chi connectivity index (χ1) is 9.10. The number of anilines is 1. The first kappa shape index (κ1) is 14.0. The minimum Gasteiger partial charge on any atom is -0.392 e. The fourth-order valence-electron chi connectivity index (χ4n) is 1.70. The van der Waals surface area contributed by atoms with E-state index in [0.717, 1.165) is 15.6 Å². The van der Waals surface area contributed by atoms with Gasteiger partial charge in [-0.1, -0.05) is 0 Å². The summed E-state index contributed by atoms with van der Waals surface area (Å²) < 4.78 is 2.77. The van der Waals surface area contributed by atoms with Gasteiger partial charge in [0.15, 0.2) is 0 Å². The van der Waals surface area contributed by atoms with Crippen molar-refractivity contribution in [2.75, 3.05) is 5.32 Å². The summed E-state index contributed by atoms with van der Waals surface area (Å²) in [5.74, 6) is 0.697. The maximum atomic E-state index is 9.30. The van der Waals surface area contributed by atoms with Crippen molar-refractivity contribution in [1.29, 1.82) is 0 Å². The van der Waals surface area contributed by atoms with E-state index in [9.17, 15) is 5.11 Å². The Morgan fingerprint density at radius 1 is 1.42 bits per heavy atom. The van der Waals surface area contributed by atoms with Gasteiger partial charge in [-0.2, -0.15) is 5.10 Å². The van der Waals surface area contributed by atoms with E-state index in [0.29, 0.717) is 18.4 Å². The maximum absolute atomic E-state index is 9.30. The highest BCUT2D eigenvalue weighted by atomic mass is 79.9. The lowest BCUT2D eigenvalue weighted by atomic mass is 10.2. The van der Waals surface area contributed by atoms with Gasteiger partial charge in [-0.05, 0) is 35.8 Å². The first-order valence-electron chi connectivity index (χ1n) is 6.12. The van der Waals surface area contributed by atoms with Crippen LogP contribution in [0.3, 0.4) is 0 Å². The number of nitrogens with one attached hydrogen (secondary N) is 1. The van der Waals surface area contributed by atoms with E-state index in [1.807, 2.05) is 23.1 Å². The number of halogens is 1. The molecule has 0 aromatic carbocycles. The zero-order valence-corrected chi connectivity index (χ0v) is 12.6. The van der Waals surface area contributed by atoms with Crippen LogP contribution in [0.4, 0.5) is 5.82 Å². The highest BCUT2D eigenvalue weighted by Gasteiger charge is 2.06. The normalized spacial score (nSPS) is 11.0. The van der Waals surface area contributed by atoms with Crippen LogP contribution in [0.2, 0.25) is 0 Å². The quantitative estimate of drug-likeness (QED) is 0.887. The van der Waals surface area contributed by atoms with Gasteiger partial charge in [0.2, 0.25) is 0 Å². The Morgan fingerprint density at radius 2 is 2.21 bits per heavy atom. The van der Waals surface area contributed by atoms with Crippen LogP contribution < -0.4 is 5.32 Å². The largest absolute Gasteiger partial charge is 0.392 e. The van der Waals surface area contributed by atoms with Crippen LogP contribution in [0.15, 0.2) is 29.1 Å². The molecule has 2 rings (SSSR count). The molecule has 0 saturated carbocycles. The van der Waals surface area contributed by atoms with Crippen LogP contribution in [0.25, 0.3) is 0 Å². The lowest BCUT2D eigenvalue weighted by Gasteiger charge is -2.09. The molecular weight excluding hydrogens is 308 g/mol. The van der Waals surface area contributed by atoms with Gasteiger partial charge in [0.1, 0.15) is 5.82 Å². The molecule has 2 aromatic heterocycles. The summed E-state index contributed by atoms with van der Waals surface area (Å²) in [5, 5.41) is 16.8. The van der Waals surface area contributed by atoms with Gasteiger partial charge in [-0.15, -0.1) is 0 Å². The summed E-state index contributed by atoms with van der Waals surface area (Å²) >= 11 is 3.34. The zero-order valence-electron chi connectivity index (χ0n) is 11.0. The molecule has 0 bridgehead atoms. The molecule has 19 heavy (non-hydrogen) atoms. The number of hydrogen-bond donors (Lipinski definition) is 2. The number of aliphatic hydroxyl groups is 1. The lowest BCUT2D eigenvalue weighted by molar-refractivity contribution is 0.282. The third-order valence-corrected chi connectivity index (χ3v) is 3.18. The molecule has 0 amide bonds. The molecule has 5 nitrogen and oxygen atoms in total. The van der Waals surface area contributed by atoms with Gasteiger partial charge < -0.3 is 10.4 Å². The van der Waals surface area contributed by atoms with Crippen molar-refractivity contribution in [3.8, 4) is 0 Å². The standard InChI is InChI=1S/C13H17BrN4O/c1-9(2)18-7-10(5-17-18)4-15-13-11(8-19)3-12(14)6-16-13/h3,5-7,9,19H,4,8H2,1-2H3,(H,15,16). The fraction of sp³-hybridized carbons (Fsp3) is 0.385. The number of aromatic nitrogens is 3.